The molecule has 1 unspecified atom stereocenters. The quantitative estimate of drug-likeness (QED) is 0.747. The molecule has 8 heteroatoms. The molecule has 0 aliphatic heterocycles. The molecular weight excluding hydrogens is 294 g/mol. The van der Waals surface area contributed by atoms with Gasteiger partial charge in [-0.1, -0.05) is 0 Å². The highest BCUT2D eigenvalue weighted by molar-refractivity contribution is 5.86. The molecule has 1 aliphatic rings. The van der Waals surface area contributed by atoms with Gasteiger partial charge in [-0.2, -0.15) is 10.2 Å². The predicted molar refractivity (Wildman–Crippen MR) is 84.9 cm³/mol. The molecule has 0 amide bonds. The maximum atomic E-state index is 9.16. The Morgan fingerprint density at radius 2 is 2.22 bits per heavy atom. The van der Waals surface area contributed by atoms with Crippen LogP contribution >= 0.6 is 0 Å². The zero-order valence-corrected chi connectivity index (χ0v) is 13.0. The summed E-state index contributed by atoms with van der Waals surface area (Å²) in [4.78, 5) is 8.66. The average Bonchev–Trinajstić information content (AvgIpc) is 3.14. The van der Waals surface area contributed by atoms with E-state index < -0.39 is 0 Å². The van der Waals surface area contributed by atoms with E-state index in [0.29, 0.717) is 6.54 Å². The van der Waals surface area contributed by atoms with Crippen LogP contribution in [0.5, 0.6) is 0 Å². The van der Waals surface area contributed by atoms with Crippen molar-refractivity contribution in [2.45, 2.75) is 31.8 Å². The summed E-state index contributed by atoms with van der Waals surface area (Å²) in [7, 11) is 1.87. The minimum absolute atomic E-state index is 0.106. The van der Waals surface area contributed by atoms with E-state index in [1.165, 1.54) is 11.3 Å². The lowest BCUT2D eigenvalue weighted by Gasteiger charge is -2.24. The number of aliphatic hydroxyl groups is 1. The van der Waals surface area contributed by atoms with Crippen LogP contribution in [-0.4, -0.2) is 41.2 Å². The van der Waals surface area contributed by atoms with E-state index >= 15 is 0 Å². The molecule has 0 radical (unpaired) electrons. The average molecular weight is 313 g/mol. The fourth-order valence-corrected chi connectivity index (χ4v) is 3.30. The summed E-state index contributed by atoms with van der Waals surface area (Å²) in [6.45, 7) is 0.650. The normalized spacial score (nSPS) is 17.4. The molecule has 3 aromatic rings. The first-order valence-corrected chi connectivity index (χ1v) is 7.82. The summed E-state index contributed by atoms with van der Waals surface area (Å²) >= 11 is 0. The lowest BCUT2D eigenvalue weighted by atomic mass is 9.93. The molecule has 1 aliphatic carbocycles. The van der Waals surface area contributed by atoms with Gasteiger partial charge in [-0.05, 0) is 19.3 Å². The van der Waals surface area contributed by atoms with Gasteiger partial charge in [0.2, 0.25) is 0 Å². The topological polar surface area (TPSA) is 93.7 Å². The first kappa shape index (κ1) is 14.1. The van der Waals surface area contributed by atoms with Crippen molar-refractivity contribution in [1.29, 1.82) is 0 Å². The fraction of sp³-hybridized carbons (Fsp3) is 0.467. The van der Waals surface area contributed by atoms with Crippen LogP contribution in [-0.2, 0) is 20.0 Å². The summed E-state index contributed by atoms with van der Waals surface area (Å²) in [6.07, 6.45) is 8.37. The minimum atomic E-state index is 0.106. The third-order valence-electron chi connectivity index (χ3n) is 4.41. The number of rotatable bonds is 4. The number of aromatic nitrogens is 6. The number of fused-ring (bicyclic) bond motifs is 2. The molecule has 0 aromatic carbocycles. The van der Waals surface area contributed by atoms with Gasteiger partial charge in [-0.15, -0.1) is 0 Å². The van der Waals surface area contributed by atoms with Crippen LogP contribution in [0.1, 0.15) is 30.1 Å². The molecule has 0 spiro atoms. The third kappa shape index (κ3) is 2.35. The maximum absolute atomic E-state index is 9.16. The van der Waals surface area contributed by atoms with E-state index in [2.05, 4.69) is 25.5 Å². The van der Waals surface area contributed by atoms with Crippen LogP contribution in [0, 0.1) is 0 Å². The highest BCUT2D eigenvalue weighted by atomic mass is 16.3. The fourth-order valence-electron chi connectivity index (χ4n) is 3.30. The SMILES string of the molecule is Cn1ncc2c(NC3CCCc4c3cnn4CCO)ncnc21. The second-order valence-electron chi connectivity index (χ2n) is 5.81. The molecule has 0 saturated carbocycles. The van der Waals surface area contributed by atoms with Crippen LogP contribution in [0.4, 0.5) is 5.82 Å². The van der Waals surface area contributed by atoms with Gasteiger partial charge in [0, 0.05) is 18.3 Å². The van der Waals surface area contributed by atoms with E-state index in [1.54, 1.807) is 17.2 Å². The van der Waals surface area contributed by atoms with Crippen LogP contribution < -0.4 is 5.32 Å². The maximum Gasteiger partial charge on any atom is 0.163 e. The van der Waals surface area contributed by atoms with Crippen LogP contribution in [0.3, 0.4) is 0 Å². The Morgan fingerprint density at radius 3 is 3.09 bits per heavy atom. The van der Waals surface area contributed by atoms with Crippen molar-refractivity contribution in [3.63, 3.8) is 0 Å². The van der Waals surface area contributed by atoms with Crippen molar-refractivity contribution in [3.05, 3.63) is 30.0 Å². The lowest BCUT2D eigenvalue weighted by Crippen LogP contribution is -2.19. The largest absolute Gasteiger partial charge is 0.394 e. The second kappa shape index (κ2) is 5.62. The number of hydrogen-bond acceptors (Lipinski definition) is 6. The molecule has 0 bridgehead atoms. The van der Waals surface area contributed by atoms with E-state index in [9.17, 15) is 0 Å². The minimum Gasteiger partial charge on any atom is -0.394 e. The van der Waals surface area contributed by atoms with Crippen LogP contribution in [0.25, 0.3) is 11.0 Å². The molecule has 120 valence electrons. The molecule has 0 saturated heterocycles. The molecule has 3 heterocycles. The van der Waals surface area contributed by atoms with E-state index in [4.69, 9.17) is 5.11 Å². The number of hydrogen-bond donors (Lipinski definition) is 2. The number of aliphatic hydroxyl groups excluding tert-OH is 1. The molecule has 23 heavy (non-hydrogen) atoms. The smallest absolute Gasteiger partial charge is 0.163 e. The predicted octanol–water partition coefficient (Wildman–Crippen LogP) is 1.04. The molecule has 3 aromatic heterocycles. The molecular formula is C15H19N7O. The van der Waals surface area contributed by atoms with E-state index in [-0.39, 0.29) is 12.6 Å². The Labute approximate surface area is 133 Å². The lowest BCUT2D eigenvalue weighted by molar-refractivity contribution is 0.266. The van der Waals surface area contributed by atoms with Gasteiger partial charge < -0.3 is 10.4 Å². The number of aryl methyl sites for hydroxylation is 1. The molecule has 8 nitrogen and oxygen atoms in total. The number of anilines is 1. The van der Waals surface area contributed by atoms with Crippen molar-refractivity contribution in [1.82, 2.24) is 29.5 Å². The Kier molecular flexibility index (Phi) is 3.45. The molecule has 2 N–H and O–H groups in total. The number of nitrogens with zero attached hydrogens (tertiary/aromatic N) is 6. The summed E-state index contributed by atoms with van der Waals surface area (Å²) < 4.78 is 3.65. The number of nitrogens with one attached hydrogen (secondary N) is 1. The summed E-state index contributed by atoms with van der Waals surface area (Å²) in [6, 6.07) is 0.171. The van der Waals surface area contributed by atoms with Crippen molar-refractivity contribution < 1.29 is 5.11 Å². The first-order valence-electron chi connectivity index (χ1n) is 7.82. The van der Waals surface area contributed by atoms with Gasteiger partial charge in [0.25, 0.3) is 0 Å². The van der Waals surface area contributed by atoms with Crippen LogP contribution in [0.2, 0.25) is 0 Å². The van der Waals surface area contributed by atoms with Gasteiger partial charge in [0.15, 0.2) is 5.65 Å². The second-order valence-corrected chi connectivity index (χ2v) is 5.81. The Bertz CT molecular complexity index is 838. The summed E-state index contributed by atoms with van der Waals surface area (Å²) in [5, 5.41) is 22.3. The summed E-state index contributed by atoms with van der Waals surface area (Å²) in [5.41, 5.74) is 3.22. The van der Waals surface area contributed by atoms with Crippen molar-refractivity contribution in [2.24, 2.45) is 7.05 Å². The Balaban J connectivity index is 1.67. The van der Waals surface area contributed by atoms with E-state index in [0.717, 1.165) is 36.1 Å². The van der Waals surface area contributed by atoms with Gasteiger partial charge in [0.05, 0.1) is 37.0 Å². The van der Waals surface area contributed by atoms with E-state index in [1.807, 2.05) is 17.9 Å². The third-order valence-corrected chi connectivity index (χ3v) is 4.41. The van der Waals surface area contributed by atoms with Crippen LogP contribution in [0.15, 0.2) is 18.7 Å². The highest BCUT2D eigenvalue weighted by Gasteiger charge is 2.25. The monoisotopic (exact) mass is 313 g/mol. The van der Waals surface area contributed by atoms with Crippen molar-refractivity contribution in [3.8, 4) is 0 Å². The standard InChI is InChI=1S/C15H19N7O/c1-21-15-11(8-18-21)14(16-9-17-15)20-12-3-2-4-13-10(12)7-19-22(13)5-6-23/h7-9,12,23H,2-6H2,1H3,(H,16,17,20). The Hall–Kier alpha value is -2.48. The van der Waals surface area contributed by atoms with Gasteiger partial charge >= 0.3 is 0 Å². The van der Waals surface area contributed by atoms with Gasteiger partial charge in [0.1, 0.15) is 12.1 Å². The van der Waals surface area contributed by atoms with Gasteiger partial charge in [-0.25, -0.2) is 9.97 Å². The van der Waals surface area contributed by atoms with Crippen molar-refractivity contribution in [2.75, 3.05) is 11.9 Å². The zero-order chi connectivity index (χ0) is 15.8. The highest BCUT2D eigenvalue weighted by Crippen LogP contribution is 2.33. The molecule has 0 fully saturated rings. The molecule has 1 atom stereocenters. The van der Waals surface area contributed by atoms with Gasteiger partial charge in [-0.3, -0.25) is 9.36 Å². The molecule has 4 rings (SSSR count). The first-order chi connectivity index (χ1) is 11.3. The zero-order valence-electron chi connectivity index (χ0n) is 13.0. The summed E-state index contributed by atoms with van der Waals surface area (Å²) in [5.74, 6) is 0.802. The van der Waals surface area contributed by atoms with Crippen molar-refractivity contribution >= 4 is 16.9 Å². The Morgan fingerprint density at radius 1 is 1.30 bits per heavy atom.